The summed E-state index contributed by atoms with van der Waals surface area (Å²) in [5.41, 5.74) is 0. The predicted molar refractivity (Wildman–Crippen MR) is 89.6 cm³/mol. The molecule has 0 radical (unpaired) electrons. The van der Waals surface area contributed by atoms with Crippen molar-refractivity contribution in [3.63, 3.8) is 0 Å². The third-order valence-corrected chi connectivity index (χ3v) is 5.73. The molecule has 22 heavy (non-hydrogen) atoms. The highest BCUT2D eigenvalue weighted by atomic mass is 35.5. The highest BCUT2D eigenvalue weighted by Crippen LogP contribution is 2.23. The quantitative estimate of drug-likeness (QED) is 0.658. The topological polar surface area (TPSA) is 87.3 Å². The summed E-state index contributed by atoms with van der Waals surface area (Å²) in [7, 11) is -3.53. The SMILES string of the molecule is CC1CCC(NS(=O)(=O)CC(=O)NCC2CCCN2)CC1.Cl. The fourth-order valence-electron chi connectivity index (χ4n) is 3.07. The standard InChI is InChI=1S/C14H27N3O3S.ClH/c1-11-4-6-12(7-5-11)17-21(19,20)10-14(18)16-9-13-3-2-8-15-13;/h11-13,15,17H,2-10H2,1H3,(H,16,18);1H. The van der Waals surface area contributed by atoms with Crippen molar-refractivity contribution >= 4 is 28.3 Å². The second kappa shape index (κ2) is 9.05. The van der Waals surface area contributed by atoms with Crippen molar-refractivity contribution in [3.8, 4) is 0 Å². The first-order valence-corrected chi connectivity index (χ1v) is 9.60. The Hall–Kier alpha value is -0.370. The van der Waals surface area contributed by atoms with Crippen LogP contribution in [-0.2, 0) is 14.8 Å². The monoisotopic (exact) mass is 353 g/mol. The molecule has 2 aliphatic rings. The van der Waals surface area contributed by atoms with Crippen LogP contribution in [0.5, 0.6) is 0 Å². The molecule has 0 spiro atoms. The fraction of sp³-hybridized carbons (Fsp3) is 0.929. The van der Waals surface area contributed by atoms with E-state index in [1.165, 1.54) is 0 Å². The summed E-state index contributed by atoms with van der Waals surface area (Å²) in [4.78, 5) is 11.8. The Bertz CT molecular complexity index is 444. The van der Waals surface area contributed by atoms with E-state index in [1.807, 2.05) is 0 Å². The van der Waals surface area contributed by atoms with Crippen molar-refractivity contribution in [2.24, 2.45) is 5.92 Å². The largest absolute Gasteiger partial charge is 0.354 e. The van der Waals surface area contributed by atoms with Crippen molar-refractivity contribution in [2.45, 2.75) is 57.5 Å². The Morgan fingerprint density at radius 1 is 1.18 bits per heavy atom. The average Bonchev–Trinajstić information content (AvgIpc) is 2.91. The Morgan fingerprint density at radius 2 is 1.86 bits per heavy atom. The summed E-state index contributed by atoms with van der Waals surface area (Å²) in [6.45, 7) is 3.67. The molecular weight excluding hydrogens is 326 g/mol. The molecule has 3 N–H and O–H groups in total. The summed E-state index contributed by atoms with van der Waals surface area (Å²) in [6, 6.07) is 0.278. The molecule has 1 amide bonds. The number of hydrogen-bond acceptors (Lipinski definition) is 4. The van der Waals surface area contributed by atoms with E-state index in [9.17, 15) is 13.2 Å². The van der Waals surface area contributed by atoms with Crippen LogP contribution in [0.2, 0.25) is 0 Å². The van der Waals surface area contributed by atoms with Crippen molar-refractivity contribution in [1.82, 2.24) is 15.4 Å². The number of carbonyl (C=O) groups excluding carboxylic acids is 1. The Balaban J connectivity index is 0.00000242. The number of halogens is 1. The summed E-state index contributed by atoms with van der Waals surface area (Å²) in [5, 5.41) is 5.97. The van der Waals surface area contributed by atoms with Gasteiger partial charge in [-0.25, -0.2) is 13.1 Å². The van der Waals surface area contributed by atoms with E-state index in [2.05, 4.69) is 22.3 Å². The van der Waals surface area contributed by atoms with Crippen molar-refractivity contribution < 1.29 is 13.2 Å². The van der Waals surface area contributed by atoms with E-state index in [4.69, 9.17) is 0 Å². The van der Waals surface area contributed by atoms with Gasteiger partial charge in [-0.05, 0) is 51.0 Å². The number of hydrogen-bond donors (Lipinski definition) is 3. The van der Waals surface area contributed by atoms with Crippen LogP contribution < -0.4 is 15.4 Å². The van der Waals surface area contributed by atoms with Gasteiger partial charge in [0.25, 0.3) is 0 Å². The molecule has 1 saturated heterocycles. The number of sulfonamides is 1. The zero-order valence-electron chi connectivity index (χ0n) is 13.1. The van der Waals surface area contributed by atoms with Gasteiger partial charge in [-0.2, -0.15) is 0 Å². The van der Waals surface area contributed by atoms with E-state index >= 15 is 0 Å². The van der Waals surface area contributed by atoms with Crippen molar-refractivity contribution in [1.29, 1.82) is 0 Å². The van der Waals surface area contributed by atoms with Crippen LogP contribution in [0.3, 0.4) is 0 Å². The highest BCUT2D eigenvalue weighted by molar-refractivity contribution is 7.90. The molecule has 0 bridgehead atoms. The van der Waals surface area contributed by atoms with Gasteiger partial charge in [0.15, 0.2) is 0 Å². The third-order valence-electron chi connectivity index (χ3n) is 4.39. The molecular formula is C14H28ClN3O3S. The van der Waals surface area contributed by atoms with Gasteiger partial charge in [0.2, 0.25) is 15.9 Å². The maximum Gasteiger partial charge on any atom is 0.236 e. The van der Waals surface area contributed by atoms with Gasteiger partial charge in [-0.15, -0.1) is 12.4 Å². The van der Waals surface area contributed by atoms with Gasteiger partial charge in [0.05, 0.1) is 0 Å². The molecule has 2 fully saturated rings. The van der Waals surface area contributed by atoms with Gasteiger partial charge >= 0.3 is 0 Å². The molecule has 8 heteroatoms. The van der Waals surface area contributed by atoms with Crippen molar-refractivity contribution in [3.05, 3.63) is 0 Å². The Morgan fingerprint density at radius 3 is 2.45 bits per heavy atom. The van der Waals surface area contributed by atoms with E-state index < -0.39 is 21.7 Å². The van der Waals surface area contributed by atoms with Gasteiger partial charge < -0.3 is 10.6 Å². The van der Waals surface area contributed by atoms with E-state index in [1.54, 1.807) is 0 Å². The summed E-state index contributed by atoms with van der Waals surface area (Å²) >= 11 is 0. The lowest BCUT2D eigenvalue weighted by Crippen LogP contribution is -2.44. The molecule has 1 aliphatic heterocycles. The number of nitrogens with one attached hydrogen (secondary N) is 3. The summed E-state index contributed by atoms with van der Waals surface area (Å²) < 4.78 is 26.7. The fourth-order valence-corrected chi connectivity index (χ4v) is 4.34. The van der Waals surface area contributed by atoms with Crippen molar-refractivity contribution in [2.75, 3.05) is 18.8 Å². The summed E-state index contributed by atoms with van der Waals surface area (Å²) in [5.74, 6) is -0.209. The summed E-state index contributed by atoms with van der Waals surface area (Å²) in [6.07, 6.45) is 5.98. The number of rotatable bonds is 6. The highest BCUT2D eigenvalue weighted by Gasteiger charge is 2.25. The average molecular weight is 354 g/mol. The Kier molecular flexibility index (Phi) is 8.10. The molecule has 0 aromatic heterocycles. The normalized spacial score (nSPS) is 28.9. The van der Waals surface area contributed by atoms with Crippen LogP contribution in [-0.4, -0.2) is 45.3 Å². The second-order valence-electron chi connectivity index (χ2n) is 6.43. The lowest BCUT2D eigenvalue weighted by Gasteiger charge is -2.26. The molecule has 1 aliphatic carbocycles. The third kappa shape index (κ3) is 6.81. The smallest absolute Gasteiger partial charge is 0.236 e. The Labute approximate surface area is 139 Å². The van der Waals surface area contributed by atoms with Crippen LogP contribution >= 0.6 is 12.4 Å². The first-order valence-electron chi connectivity index (χ1n) is 7.95. The zero-order valence-corrected chi connectivity index (χ0v) is 14.8. The molecule has 1 unspecified atom stereocenters. The van der Waals surface area contributed by atoms with Gasteiger partial charge in [-0.3, -0.25) is 4.79 Å². The molecule has 0 aromatic carbocycles. The molecule has 2 rings (SSSR count). The van der Waals surface area contributed by atoms with Crippen LogP contribution in [0.4, 0.5) is 0 Å². The van der Waals surface area contributed by atoms with Crippen LogP contribution in [0.1, 0.15) is 45.4 Å². The minimum atomic E-state index is -3.53. The minimum Gasteiger partial charge on any atom is -0.354 e. The minimum absolute atomic E-state index is 0. The van der Waals surface area contributed by atoms with Crippen LogP contribution in [0, 0.1) is 5.92 Å². The zero-order chi connectivity index (χ0) is 15.3. The van der Waals surface area contributed by atoms with E-state index in [0.717, 1.165) is 45.1 Å². The molecule has 130 valence electrons. The maximum absolute atomic E-state index is 12.0. The lowest BCUT2D eigenvalue weighted by atomic mass is 9.88. The van der Waals surface area contributed by atoms with Crippen LogP contribution in [0.15, 0.2) is 0 Å². The van der Waals surface area contributed by atoms with E-state index in [-0.39, 0.29) is 24.5 Å². The lowest BCUT2D eigenvalue weighted by molar-refractivity contribution is -0.118. The molecule has 1 atom stereocenters. The number of amides is 1. The van der Waals surface area contributed by atoms with Gasteiger partial charge in [0, 0.05) is 18.6 Å². The maximum atomic E-state index is 12.0. The first kappa shape index (κ1) is 19.7. The van der Waals surface area contributed by atoms with E-state index in [0.29, 0.717) is 12.5 Å². The second-order valence-corrected chi connectivity index (χ2v) is 8.18. The first-order chi connectivity index (χ1) is 9.94. The molecule has 0 aromatic rings. The van der Waals surface area contributed by atoms with Crippen LogP contribution in [0.25, 0.3) is 0 Å². The molecule has 1 saturated carbocycles. The van der Waals surface area contributed by atoms with Gasteiger partial charge in [0.1, 0.15) is 5.75 Å². The molecule has 6 nitrogen and oxygen atoms in total. The predicted octanol–water partition coefficient (Wildman–Crippen LogP) is 0.775. The van der Waals surface area contributed by atoms with Gasteiger partial charge in [-0.1, -0.05) is 6.92 Å². The molecule has 1 heterocycles. The number of carbonyl (C=O) groups is 1.